The van der Waals surface area contributed by atoms with Crippen molar-refractivity contribution >= 4 is 17.6 Å². The van der Waals surface area contributed by atoms with Crippen molar-refractivity contribution in [2.45, 2.75) is 25.7 Å². The van der Waals surface area contributed by atoms with Gasteiger partial charge in [0.1, 0.15) is 0 Å². The van der Waals surface area contributed by atoms with Crippen molar-refractivity contribution in [1.29, 1.82) is 0 Å². The Kier molecular flexibility index (Phi) is 4.50. The summed E-state index contributed by atoms with van der Waals surface area (Å²) in [6, 6.07) is 7.39. The predicted octanol–water partition coefficient (Wildman–Crippen LogP) is 2.13. The number of carboxylic acids is 1. The second kappa shape index (κ2) is 6.16. The summed E-state index contributed by atoms with van der Waals surface area (Å²) in [5.74, 6) is -0.936. The van der Waals surface area contributed by atoms with Crippen LogP contribution in [0.5, 0.6) is 0 Å². The number of carbonyl (C=O) groups excluding carboxylic acids is 1. The second-order valence-corrected chi connectivity index (χ2v) is 6.05. The van der Waals surface area contributed by atoms with Crippen molar-refractivity contribution in [1.82, 2.24) is 5.32 Å². The number of hydrogen-bond acceptors (Lipinski definition) is 3. The Hall–Kier alpha value is -2.04. The third-order valence-corrected chi connectivity index (χ3v) is 4.19. The fourth-order valence-electron chi connectivity index (χ4n) is 2.71. The van der Waals surface area contributed by atoms with Gasteiger partial charge in [0.15, 0.2) is 0 Å². The van der Waals surface area contributed by atoms with Gasteiger partial charge in [-0.25, -0.2) is 0 Å². The lowest BCUT2D eigenvalue weighted by atomic mass is 9.66. The fraction of sp³-hybridized carbons (Fsp3) is 0.500. The number of anilines is 1. The number of benzene rings is 1. The Balaban J connectivity index is 1.98. The van der Waals surface area contributed by atoms with Crippen molar-refractivity contribution < 1.29 is 14.7 Å². The molecular formula is C16H22N2O3. The Labute approximate surface area is 125 Å². The van der Waals surface area contributed by atoms with Crippen LogP contribution in [0.1, 0.15) is 36.0 Å². The van der Waals surface area contributed by atoms with E-state index in [1.165, 1.54) is 0 Å². The molecule has 1 saturated carbocycles. The summed E-state index contributed by atoms with van der Waals surface area (Å²) in [4.78, 5) is 25.1. The van der Waals surface area contributed by atoms with Crippen LogP contribution in [0.25, 0.3) is 0 Å². The number of amides is 1. The summed E-state index contributed by atoms with van der Waals surface area (Å²) < 4.78 is 0. The normalized spacial score (nSPS) is 15.9. The lowest BCUT2D eigenvalue weighted by molar-refractivity contribution is -0.141. The van der Waals surface area contributed by atoms with Crippen LogP contribution in [-0.2, 0) is 4.79 Å². The molecule has 0 aromatic heterocycles. The summed E-state index contributed by atoms with van der Waals surface area (Å²) in [6.45, 7) is 0.435. The molecule has 0 bridgehead atoms. The van der Waals surface area contributed by atoms with E-state index in [1.54, 1.807) is 6.07 Å². The van der Waals surface area contributed by atoms with E-state index in [-0.39, 0.29) is 17.7 Å². The molecule has 114 valence electrons. The van der Waals surface area contributed by atoms with Crippen LogP contribution in [0.3, 0.4) is 0 Å². The largest absolute Gasteiger partial charge is 0.481 e. The Bertz CT molecular complexity index is 536. The van der Waals surface area contributed by atoms with Gasteiger partial charge in [0.2, 0.25) is 0 Å². The molecule has 1 aromatic carbocycles. The molecule has 21 heavy (non-hydrogen) atoms. The quantitative estimate of drug-likeness (QED) is 0.842. The number of nitrogens with zero attached hydrogens (tertiary/aromatic N) is 1. The van der Waals surface area contributed by atoms with E-state index in [4.69, 9.17) is 5.11 Å². The number of aliphatic carboxylic acids is 1. The van der Waals surface area contributed by atoms with Crippen LogP contribution >= 0.6 is 0 Å². The first-order valence-corrected chi connectivity index (χ1v) is 7.19. The van der Waals surface area contributed by atoms with Crippen LogP contribution in [0, 0.1) is 5.41 Å². The molecule has 0 saturated heterocycles. The second-order valence-electron chi connectivity index (χ2n) is 6.05. The molecule has 5 nitrogen and oxygen atoms in total. The molecular weight excluding hydrogens is 268 g/mol. The average molecular weight is 290 g/mol. The van der Waals surface area contributed by atoms with E-state index in [0.717, 1.165) is 24.9 Å². The predicted molar refractivity (Wildman–Crippen MR) is 81.6 cm³/mol. The number of hydrogen-bond donors (Lipinski definition) is 2. The molecule has 5 heteroatoms. The van der Waals surface area contributed by atoms with Crippen LogP contribution in [0.4, 0.5) is 5.69 Å². The zero-order valence-electron chi connectivity index (χ0n) is 12.6. The molecule has 0 heterocycles. The summed E-state index contributed by atoms with van der Waals surface area (Å²) in [6.07, 6.45) is 2.92. The van der Waals surface area contributed by atoms with E-state index in [1.807, 2.05) is 37.2 Å². The highest BCUT2D eigenvalue weighted by Crippen LogP contribution is 2.43. The number of carbonyl (C=O) groups is 2. The van der Waals surface area contributed by atoms with Gasteiger partial charge < -0.3 is 15.3 Å². The SMILES string of the molecule is CN(C)c1cccc(C(=O)NCC2(CC(=O)O)CCC2)c1. The van der Waals surface area contributed by atoms with Crippen LogP contribution in [-0.4, -0.2) is 37.6 Å². The van der Waals surface area contributed by atoms with E-state index in [0.29, 0.717) is 12.1 Å². The zero-order valence-corrected chi connectivity index (χ0v) is 12.6. The topological polar surface area (TPSA) is 69.6 Å². The lowest BCUT2D eigenvalue weighted by Crippen LogP contribution is -2.43. The summed E-state index contributed by atoms with van der Waals surface area (Å²) in [5, 5.41) is 11.9. The molecule has 0 atom stereocenters. The smallest absolute Gasteiger partial charge is 0.303 e. The van der Waals surface area contributed by atoms with Gasteiger partial charge >= 0.3 is 5.97 Å². The maximum Gasteiger partial charge on any atom is 0.303 e. The first kappa shape index (κ1) is 15.4. The van der Waals surface area contributed by atoms with Crippen LogP contribution in [0.15, 0.2) is 24.3 Å². The molecule has 2 rings (SSSR count). The van der Waals surface area contributed by atoms with Crippen molar-refractivity contribution in [2.75, 3.05) is 25.5 Å². The van der Waals surface area contributed by atoms with Gasteiger partial charge in [-0.2, -0.15) is 0 Å². The van der Waals surface area contributed by atoms with Crippen LogP contribution < -0.4 is 10.2 Å². The van der Waals surface area contributed by atoms with Gasteiger partial charge in [0.05, 0.1) is 6.42 Å². The van der Waals surface area contributed by atoms with Crippen molar-refractivity contribution in [3.8, 4) is 0 Å². The molecule has 2 N–H and O–H groups in total. The monoisotopic (exact) mass is 290 g/mol. The van der Waals surface area contributed by atoms with Gasteiger partial charge in [-0.15, -0.1) is 0 Å². The molecule has 0 unspecified atom stereocenters. The van der Waals surface area contributed by atoms with Gasteiger partial charge in [-0.3, -0.25) is 9.59 Å². The highest BCUT2D eigenvalue weighted by molar-refractivity contribution is 5.95. The molecule has 0 radical (unpaired) electrons. The molecule has 1 fully saturated rings. The van der Waals surface area contributed by atoms with E-state index >= 15 is 0 Å². The van der Waals surface area contributed by atoms with Gasteiger partial charge in [0.25, 0.3) is 5.91 Å². The minimum Gasteiger partial charge on any atom is -0.481 e. The standard InChI is InChI=1S/C16H22N2O3/c1-18(2)13-6-3-5-12(9-13)15(21)17-11-16(7-4-8-16)10-14(19)20/h3,5-6,9H,4,7-8,10-11H2,1-2H3,(H,17,21)(H,19,20). The summed E-state index contributed by atoms with van der Waals surface area (Å²) >= 11 is 0. The highest BCUT2D eigenvalue weighted by Gasteiger charge is 2.39. The Morgan fingerprint density at radius 2 is 2.05 bits per heavy atom. The minimum absolute atomic E-state index is 0.130. The molecule has 1 aliphatic rings. The minimum atomic E-state index is -0.793. The van der Waals surface area contributed by atoms with E-state index < -0.39 is 5.97 Å². The van der Waals surface area contributed by atoms with Crippen LogP contribution in [0.2, 0.25) is 0 Å². The summed E-state index contributed by atoms with van der Waals surface area (Å²) in [7, 11) is 3.85. The number of nitrogens with one attached hydrogen (secondary N) is 1. The zero-order chi connectivity index (χ0) is 15.5. The van der Waals surface area contributed by atoms with E-state index in [9.17, 15) is 9.59 Å². The number of carboxylic acid groups (broad SMARTS) is 1. The van der Waals surface area contributed by atoms with Crippen molar-refractivity contribution in [2.24, 2.45) is 5.41 Å². The Morgan fingerprint density at radius 3 is 2.57 bits per heavy atom. The first-order chi connectivity index (χ1) is 9.92. The van der Waals surface area contributed by atoms with Gasteiger partial charge in [-0.1, -0.05) is 12.5 Å². The van der Waals surface area contributed by atoms with Crippen molar-refractivity contribution in [3.05, 3.63) is 29.8 Å². The molecule has 0 spiro atoms. The van der Waals surface area contributed by atoms with Gasteiger partial charge in [-0.05, 0) is 36.5 Å². The highest BCUT2D eigenvalue weighted by atomic mass is 16.4. The first-order valence-electron chi connectivity index (χ1n) is 7.19. The maximum atomic E-state index is 12.2. The van der Waals surface area contributed by atoms with Crippen molar-refractivity contribution in [3.63, 3.8) is 0 Å². The Morgan fingerprint density at radius 1 is 1.33 bits per heavy atom. The molecule has 0 aliphatic heterocycles. The third kappa shape index (κ3) is 3.74. The molecule has 1 amide bonds. The fourth-order valence-corrected chi connectivity index (χ4v) is 2.71. The lowest BCUT2D eigenvalue weighted by Gasteiger charge is -2.40. The average Bonchev–Trinajstić information content (AvgIpc) is 2.41. The maximum absolute atomic E-state index is 12.2. The summed E-state index contributed by atoms with van der Waals surface area (Å²) in [5.41, 5.74) is 1.32. The molecule has 1 aliphatic carbocycles. The number of rotatable bonds is 6. The van der Waals surface area contributed by atoms with E-state index in [2.05, 4.69) is 5.32 Å². The molecule has 1 aromatic rings. The van der Waals surface area contributed by atoms with Gasteiger partial charge in [0, 0.05) is 31.9 Å². The third-order valence-electron chi connectivity index (χ3n) is 4.19.